The Hall–Kier alpha value is -7.36. The van der Waals surface area contributed by atoms with E-state index in [1.807, 2.05) is 20.8 Å². The number of methoxy groups -OCH3 is 1. The molecule has 3 N–H and O–H groups in total. The SMILES string of the molecule is CC[C@H]1O[C@@H](n2ccc(=O)[nH]c2=O)C(F)[C@H]1O[P@]1O[C@@H](C[Si](C)(c2ccccc2)c2ccccc2)[C@H]2CCCN21.CC[C@H]1O[C@@H](n2ccc(=O)[nH]c2=O)C(F)[C@H]1O[P@]1O[C@H](C[Si](C)(c2ccccc2)c2ccccc2)[C@@H]2CCCN21.CC[C@H]1O[C@@H](n2ccc(=O)[nH]c2=O)C(OC)[C@H]1O[P@]1O[C@@H](C[Si](C)(c2ccccc2)c2ccccc2)[C@H]2CCCN21. The zero-order valence-corrected chi connectivity index (χ0v) is 74.8. The van der Waals surface area contributed by atoms with Gasteiger partial charge in [0.2, 0.25) is 0 Å². The van der Waals surface area contributed by atoms with Crippen molar-refractivity contribution in [3.8, 4) is 0 Å². The van der Waals surface area contributed by atoms with Gasteiger partial charge < -0.3 is 46.1 Å². The molecule has 25 nitrogen and oxygen atoms in total. The van der Waals surface area contributed by atoms with E-state index in [-0.39, 0.29) is 36.5 Å². The summed E-state index contributed by atoms with van der Waals surface area (Å²) in [5.74, 6) is 0. The highest BCUT2D eigenvalue weighted by Gasteiger charge is 2.59. The van der Waals surface area contributed by atoms with Crippen LogP contribution in [0, 0.1) is 0 Å². The highest BCUT2D eigenvalue weighted by atomic mass is 31.2. The van der Waals surface area contributed by atoms with Gasteiger partial charge in [-0.25, -0.2) is 37.2 Å². The first kappa shape index (κ1) is 87.1. The second kappa shape index (κ2) is 38.2. The third-order valence-electron chi connectivity index (χ3n) is 26.0. The van der Waals surface area contributed by atoms with Crippen LogP contribution in [-0.4, -0.2) is 185 Å². The second-order valence-corrected chi connectivity index (χ2v) is 50.3. The summed E-state index contributed by atoms with van der Waals surface area (Å²) in [7, 11) is -9.18. The number of benzene rings is 6. The van der Waals surface area contributed by atoms with Crippen LogP contribution in [0.1, 0.15) is 97.2 Å². The number of aromatic amines is 3. The third kappa shape index (κ3) is 18.0. The summed E-state index contributed by atoms with van der Waals surface area (Å²) >= 11 is 0. The summed E-state index contributed by atoms with van der Waals surface area (Å²) < 4.78 is 107. The highest BCUT2D eigenvalue weighted by Crippen LogP contribution is 2.62. The summed E-state index contributed by atoms with van der Waals surface area (Å²) in [6.45, 7) is 15.8. The summed E-state index contributed by atoms with van der Waals surface area (Å²) in [5, 5.41) is 8.25. The van der Waals surface area contributed by atoms with Gasteiger partial charge in [0, 0.05) is 81.7 Å². The highest BCUT2D eigenvalue weighted by molar-refractivity contribution is 7.45. The predicted octanol–water partition coefficient (Wildman–Crippen LogP) is 10.3. The van der Waals surface area contributed by atoms with Crippen LogP contribution in [0.5, 0.6) is 0 Å². The fourth-order valence-electron chi connectivity index (χ4n) is 19.4. The zero-order valence-electron chi connectivity index (χ0n) is 69.1. The molecule has 3 aromatic heterocycles. The summed E-state index contributed by atoms with van der Waals surface area (Å²) in [6, 6.07) is 71.9. The molecule has 121 heavy (non-hydrogen) atoms. The largest absolute Gasteiger partial charge is 0.374 e. The quantitative estimate of drug-likeness (QED) is 0.0355. The van der Waals surface area contributed by atoms with Crippen LogP contribution in [-0.2, 0) is 46.1 Å². The Labute approximate surface area is 708 Å². The van der Waals surface area contributed by atoms with Crippen molar-refractivity contribution in [1.29, 1.82) is 0 Å². The maximum Gasteiger partial charge on any atom is 0.330 e. The molecule has 0 amide bonds. The molecule has 33 heteroatoms. The average molecular weight is 1760 g/mol. The van der Waals surface area contributed by atoms with Gasteiger partial charge in [0.1, 0.15) is 48.6 Å². The number of nitrogens with one attached hydrogen (secondary N) is 3. The Kier molecular flexibility index (Phi) is 27.5. The van der Waals surface area contributed by atoms with Crippen LogP contribution in [0.25, 0.3) is 0 Å². The first-order valence-electron chi connectivity index (χ1n) is 42.5. The lowest BCUT2D eigenvalue weighted by Crippen LogP contribution is -2.58. The molecule has 0 bridgehead atoms. The number of ether oxygens (including phenoxy) is 4. The van der Waals surface area contributed by atoms with Crippen molar-refractivity contribution in [3.05, 3.63) is 281 Å². The maximum absolute atomic E-state index is 15.9. The molecule has 642 valence electrons. The van der Waals surface area contributed by atoms with Gasteiger partial charge in [-0.2, -0.15) is 0 Å². The molecule has 0 aliphatic carbocycles. The van der Waals surface area contributed by atoms with E-state index in [9.17, 15) is 28.8 Å². The van der Waals surface area contributed by atoms with E-state index in [2.05, 4.69) is 231 Å². The average Bonchev–Trinajstić information content (AvgIpc) is 1.69. The number of hydrogen-bond donors (Lipinski definition) is 3. The Balaban J connectivity index is 0.000000135. The number of aromatic nitrogens is 6. The lowest BCUT2D eigenvalue weighted by molar-refractivity contribution is -0.0538. The van der Waals surface area contributed by atoms with E-state index in [1.165, 1.54) is 72.5 Å². The summed E-state index contributed by atoms with van der Waals surface area (Å²) in [4.78, 5) is 78.7. The molecular formula is C88H108F2N9O16P3Si3. The van der Waals surface area contributed by atoms with Crippen molar-refractivity contribution in [3.63, 3.8) is 0 Å². The first-order chi connectivity index (χ1) is 58.7. The standard InChI is InChI=1S/C30H38N3O6PSi.2C29H35FN3O5PSi/c1-4-24-27(28(36-2)29(37-24)32-19-17-26(34)31-30(32)35)39-40-33-18-11-16-23(33)25(38-40)20-41(3,21-12-7-5-8-13-21)22-14-9-6-10-15-22;2*1-3-23-27(26(30)28(36-23)32-18-16-25(34)31-29(32)35)38-39-33-17-10-15-22(33)24(37-39)19-40(2,20-11-6-4-7-12-20)21-13-8-5-9-14-21/h5-10,12-15,17,19,23-25,27-29H,4,11,16,18,20H2,1-3H3,(H,31,34,35);2*4-9,11-14,16,18,22-24,26-28H,3,10,15,17,19H2,1-2H3,(H,31,34,35)/t23-,24-,25+,27+,28?,29-,40+;22-,23+,24+,26?,27-,28+,39-;22-,23-,24+,26?,27+,28-,39+/m101/s1. The smallest absolute Gasteiger partial charge is 0.330 e. The van der Waals surface area contributed by atoms with Gasteiger partial charge >= 0.3 is 17.1 Å². The van der Waals surface area contributed by atoms with Crippen LogP contribution in [0.4, 0.5) is 8.78 Å². The van der Waals surface area contributed by atoms with Gasteiger partial charge in [-0.3, -0.25) is 43.0 Å². The molecule has 21 atom stereocenters. The van der Waals surface area contributed by atoms with Crippen LogP contribution in [0.2, 0.25) is 37.8 Å². The number of hydrogen-bond acceptors (Lipinski definition) is 19. The molecule has 9 aliphatic heterocycles. The summed E-state index contributed by atoms with van der Waals surface area (Å²) in [5.41, 5.74) is -3.47. The Morgan fingerprint density at radius 1 is 0.364 bits per heavy atom. The van der Waals surface area contributed by atoms with Gasteiger partial charge in [0.25, 0.3) is 42.3 Å². The summed E-state index contributed by atoms with van der Waals surface area (Å²) in [6.07, 6.45) is 1.73. The third-order valence-corrected chi connectivity index (χ3v) is 44.7. The van der Waals surface area contributed by atoms with Gasteiger partial charge in [-0.05, 0) is 75.9 Å². The fourth-order valence-corrected chi connectivity index (χ4v) is 37.3. The minimum absolute atomic E-state index is 0.0243. The maximum atomic E-state index is 15.9. The van der Waals surface area contributed by atoms with E-state index in [4.69, 9.17) is 46.1 Å². The van der Waals surface area contributed by atoms with Crippen LogP contribution >= 0.6 is 25.6 Å². The van der Waals surface area contributed by atoms with E-state index < -0.39 is 151 Å². The molecule has 18 rings (SSSR count). The van der Waals surface area contributed by atoms with E-state index >= 15 is 8.78 Å². The molecule has 9 fully saturated rings. The lowest BCUT2D eigenvalue weighted by atomic mass is 10.1. The van der Waals surface area contributed by atoms with E-state index in [0.717, 1.165) is 85.4 Å². The Bertz CT molecular complexity index is 4990. The van der Waals surface area contributed by atoms with Gasteiger partial charge in [-0.15, -0.1) is 0 Å². The monoisotopic (exact) mass is 1760 g/mol. The topological polar surface area (TPSA) is 267 Å². The van der Waals surface area contributed by atoms with Crippen molar-refractivity contribution in [2.45, 2.75) is 227 Å². The molecule has 0 radical (unpaired) electrons. The van der Waals surface area contributed by atoms with Crippen molar-refractivity contribution in [2.24, 2.45) is 0 Å². The minimum Gasteiger partial charge on any atom is -0.374 e. The molecule has 0 saturated carbocycles. The van der Waals surface area contributed by atoms with Crippen LogP contribution < -0.4 is 64.9 Å². The van der Waals surface area contributed by atoms with Crippen molar-refractivity contribution < 1.29 is 54.9 Å². The first-order valence-corrected chi connectivity index (χ1v) is 54.0. The molecule has 9 saturated heterocycles. The number of halogens is 2. The molecule has 3 unspecified atom stereocenters. The number of nitrogens with zero attached hydrogens (tertiary/aromatic N) is 6. The number of fused-ring (bicyclic) bond motifs is 3. The number of rotatable bonds is 25. The molecule has 12 heterocycles. The number of alkyl halides is 2. The molecule has 9 aromatic rings. The van der Waals surface area contributed by atoms with Gasteiger partial charge in [0.15, 0.2) is 31.0 Å². The van der Waals surface area contributed by atoms with Crippen LogP contribution in [0.15, 0.2) is 248 Å². The Morgan fingerprint density at radius 2 is 0.620 bits per heavy atom. The molecule has 0 spiro atoms. The Morgan fingerprint density at radius 3 is 0.884 bits per heavy atom. The minimum atomic E-state index is -2.16. The van der Waals surface area contributed by atoms with E-state index in [1.54, 1.807) is 7.11 Å². The van der Waals surface area contributed by atoms with Crippen LogP contribution in [0.3, 0.4) is 0 Å². The van der Waals surface area contributed by atoms with Crippen molar-refractivity contribution in [1.82, 2.24) is 42.7 Å². The van der Waals surface area contributed by atoms with Crippen molar-refractivity contribution in [2.75, 3.05) is 26.7 Å². The normalized spacial score (nSPS) is 30.4. The molecular weight excluding hydrogens is 1650 g/mol. The second-order valence-electron chi connectivity index (χ2n) is 33.3. The van der Waals surface area contributed by atoms with E-state index in [0.29, 0.717) is 25.3 Å². The molecule has 9 aliphatic rings. The fraction of sp³-hybridized carbons (Fsp3) is 0.455. The van der Waals surface area contributed by atoms with Crippen molar-refractivity contribution >= 4 is 80.9 Å². The van der Waals surface area contributed by atoms with Gasteiger partial charge in [0.05, 0.1) is 36.6 Å². The predicted molar refractivity (Wildman–Crippen MR) is 472 cm³/mol. The number of H-pyrrole nitrogens is 3. The molecule has 6 aromatic carbocycles. The zero-order chi connectivity index (χ0) is 84.3. The van der Waals surface area contributed by atoms with Gasteiger partial charge in [-0.1, -0.05) is 254 Å². The lowest BCUT2D eigenvalue weighted by Gasteiger charge is -2.32.